The van der Waals surface area contributed by atoms with Gasteiger partial charge in [0.2, 0.25) is 0 Å². The highest BCUT2D eigenvalue weighted by atomic mass is 19.4. The van der Waals surface area contributed by atoms with E-state index in [1.807, 2.05) is 65.0 Å². The van der Waals surface area contributed by atoms with Crippen LogP contribution in [0.1, 0.15) is 46.6 Å². The molecule has 0 saturated carbocycles. The molecule has 1 aliphatic rings. The fraction of sp³-hybridized carbons (Fsp3) is 0.619. The molecule has 0 aliphatic carbocycles. The van der Waals surface area contributed by atoms with E-state index in [1.165, 1.54) is 0 Å². The number of amides is 1. The standard InChI is InChI=1S/C13H18N2O2.C5H10O2.C2H6.CHF3/c1-15-8-7-12(9-15)14-13(16)17-10-11-5-3-2-4-6-11;1-5(2,3)7-4-6;1-2;2-1(3)4/h2-6,12H,7-10H2,1H3,(H,14,16);4H,1-3H3;1-2H3;1H. The van der Waals surface area contributed by atoms with Gasteiger partial charge in [-0.05, 0) is 46.3 Å². The number of nitrogens with one attached hydrogen (secondary N) is 1. The number of benzene rings is 1. The Kier molecular flexibility index (Phi) is 17.5. The second-order valence-electron chi connectivity index (χ2n) is 7.03. The highest BCUT2D eigenvalue weighted by Gasteiger charge is 2.21. The zero-order chi connectivity index (χ0) is 23.6. The van der Waals surface area contributed by atoms with E-state index in [9.17, 15) is 22.8 Å². The highest BCUT2D eigenvalue weighted by molar-refractivity contribution is 5.67. The Labute approximate surface area is 177 Å². The normalized spacial score (nSPS) is 15.3. The Bertz CT molecular complexity index is 552. The van der Waals surface area contributed by atoms with Crippen LogP contribution in [0.2, 0.25) is 0 Å². The molecule has 1 aromatic carbocycles. The summed E-state index contributed by atoms with van der Waals surface area (Å²) in [7, 11) is 2.05. The second kappa shape index (κ2) is 17.6. The molecule has 30 heavy (non-hydrogen) atoms. The van der Waals surface area contributed by atoms with Crippen LogP contribution >= 0.6 is 0 Å². The third-order valence-corrected chi connectivity index (χ3v) is 3.33. The van der Waals surface area contributed by atoms with Gasteiger partial charge < -0.3 is 19.7 Å². The van der Waals surface area contributed by atoms with E-state index in [1.54, 1.807) is 0 Å². The third-order valence-electron chi connectivity index (χ3n) is 3.33. The number of rotatable bonds is 4. The summed E-state index contributed by atoms with van der Waals surface area (Å²) in [6.45, 7) is 8.52. The first kappa shape index (κ1) is 29.9. The molecule has 1 heterocycles. The van der Waals surface area contributed by atoms with Gasteiger partial charge >= 0.3 is 12.8 Å². The van der Waals surface area contributed by atoms with Crippen molar-refractivity contribution in [3.8, 4) is 0 Å². The number of hydrogen-bond acceptors (Lipinski definition) is 5. The van der Waals surface area contributed by atoms with Crippen molar-refractivity contribution < 1.29 is 32.2 Å². The van der Waals surface area contributed by atoms with Crippen molar-refractivity contribution in [1.82, 2.24) is 10.2 Å². The molecule has 0 spiro atoms. The minimum absolute atomic E-state index is 0.225. The van der Waals surface area contributed by atoms with Crippen LogP contribution in [0.3, 0.4) is 0 Å². The quantitative estimate of drug-likeness (QED) is 0.688. The highest BCUT2D eigenvalue weighted by Crippen LogP contribution is 2.07. The zero-order valence-corrected chi connectivity index (χ0v) is 18.7. The Morgan fingerprint density at radius 2 is 1.77 bits per heavy atom. The molecule has 2 rings (SSSR count). The smallest absolute Gasteiger partial charge is 0.407 e. The first-order valence-corrected chi connectivity index (χ1v) is 9.73. The summed E-state index contributed by atoms with van der Waals surface area (Å²) in [4.78, 5) is 23.3. The lowest BCUT2D eigenvalue weighted by atomic mass is 10.2. The van der Waals surface area contributed by atoms with Crippen molar-refractivity contribution in [2.45, 2.75) is 66.0 Å². The van der Waals surface area contributed by atoms with Crippen molar-refractivity contribution in [1.29, 1.82) is 0 Å². The number of alkyl carbamates (subject to hydrolysis) is 1. The fourth-order valence-electron chi connectivity index (χ4n) is 2.13. The lowest BCUT2D eigenvalue weighted by Gasteiger charge is -2.14. The van der Waals surface area contributed by atoms with Crippen LogP contribution in [0.15, 0.2) is 30.3 Å². The molecule has 1 aliphatic heterocycles. The number of likely N-dealkylation sites (tertiary alicyclic amines) is 1. The van der Waals surface area contributed by atoms with E-state index in [4.69, 9.17) is 4.74 Å². The van der Waals surface area contributed by atoms with Crippen LogP contribution < -0.4 is 5.32 Å². The molecule has 0 radical (unpaired) electrons. The van der Waals surface area contributed by atoms with Crippen LogP contribution in [-0.4, -0.2) is 55.9 Å². The fourth-order valence-corrected chi connectivity index (χ4v) is 2.13. The van der Waals surface area contributed by atoms with Gasteiger partial charge in [-0.2, -0.15) is 13.2 Å². The second-order valence-corrected chi connectivity index (χ2v) is 7.03. The monoisotopic (exact) mass is 436 g/mol. The van der Waals surface area contributed by atoms with E-state index in [0.717, 1.165) is 25.1 Å². The summed E-state index contributed by atoms with van der Waals surface area (Å²) in [5.41, 5.74) is 0.688. The number of carbonyl (C=O) groups excluding carboxylic acids is 2. The predicted molar refractivity (Wildman–Crippen MR) is 111 cm³/mol. The molecule has 9 heteroatoms. The van der Waals surface area contributed by atoms with Crippen LogP contribution in [0.25, 0.3) is 0 Å². The van der Waals surface area contributed by atoms with Crippen molar-refractivity contribution in [2.75, 3.05) is 20.1 Å². The van der Waals surface area contributed by atoms with Crippen molar-refractivity contribution in [3.63, 3.8) is 0 Å². The van der Waals surface area contributed by atoms with E-state index in [0.29, 0.717) is 13.1 Å². The molecule has 1 fully saturated rings. The molecule has 174 valence electrons. The third kappa shape index (κ3) is 20.4. The van der Waals surface area contributed by atoms with E-state index in [-0.39, 0.29) is 17.7 Å². The summed E-state index contributed by atoms with van der Waals surface area (Å²) >= 11 is 0. The van der Waals surface area contributed by atoms with Gasteiger partial charge in [-0.15, -0.1) is 0 Å². The van der Waals surface area contributed by atoms with Gasteiger partial charge in [0.1, 0.15) is 12.2 Å². The number of carbonyl (C=O) groups is 2. The summed E-state index contributed by atoms with van der Waals surface area (Å²) in [5.74, 6) is 0. The maximum absolute atomic E-state index is 11.5. The molecular formula is C21H35F3N2O4. The predicted octanol–water partition coefficient (Wildman–Crippen LogP) is 4.78. The van der Waals surface area contributed by atoms with Crippen molar-refractivity contribution >= 4 is 12.6 Å². The molecule has 1 atom stereocenters. The molecule has 0 bridgehead atoms. The van der Waals surface area contributed by atoms with Gasteiger partial charge in [-0.25, -0.2) is 4.79 Å². The molecule has 1 unspecified atom stereocenters. The van der Waals surface area contributed by atoms with Gasteiger partial charge in [-0.1, -0.05) is 44.2 Å². The van der Waals surface area contributed by atoms with Crippen LogP contribution in [0, 0.1) is 0 Å². The lowest BCUT2D eigenvalue weighted by molar-refractivity contribution is -0.138. The summed E-state index contributed by atoms with van der Waals surface area (Å²) in [6.07, 6.45) is 0.672. The average Bonchev–Trinajstić information content (AvgIpc) is 3.06. The van der Waals surface area contributed by atoms with Crippen LogP contribution in [0.5, 0.6) is 0 Å². The van der Waals surface area contributed by atoms with Crippen LogP contribution in [-0.2, 0) is 20.9 Å². The molecule has 1 aromatic rings. The number of ether oxygens (including phenoxy) is 2. The molecule has 1 saturated heterocycles. The van der Waals surface area contributed by atoms with Gasteiger partial charge in [0.25, 0.3) is 6.47 Å². The maximum Gasteiger partial charge on any atom is 0.407 e. The molecule has 0 aromatic heterocycles. The number of hydrogen-bond donors (Lipinski definition) is 1. The van der Waals surface area contributed by atoms with E-state index in [2.05, 4.69) is 22.0 Å². The minimum Gasteiger partial charge on any atom is -0.462 e. The Morgan fingerprint density at radius 1 is 1.23 bits per heavy atom. The largest absolute Gasteiger partial charge is 0.462 e. The van der Waals surface area contributed by atoms with E-state index < -0.39 is 6.68 Å². The topological polar surface area (TPSA) is 67.9 Å². The van der Waals surface area contributed by atoms with E-state index >= 15 is 0 Å². The summed E-state index contributed by atoms with van der Waals surface area (Å²) < 4.78 is 38.7. The van der Waals surface area contributed by atoms with Crippen molar-refractivity contribution in [3.05, 3.63) is 35.9 Å². The maximum atomic E-state index is 11.5. The van der Waals surface area contributed by atoms with Gasteiger partial charge in [0.15, 0.2) is 0 Å². The first-order chi connectivity index (χ1) is 14.0. The molecule has 6 nitrogen and oxygen atoms in total. The minimum atomic E-state index is -3.67. The van der Waals surface area contributed by atoms with Crippen LogP contribution in [0.4, 0.5) is 18.0 Å². The average molecular weight is 437 g/mol. The molecular weight excluding hydrogens is 401 g/mol. The van der Waals surface area contributed by atoms with Gasteiger partial charge in [0.05, 0.1) is 0 Å². The molecule has 1 amide bonds. The first-order valence-electron chi connectivity index (χ1n) is 9.73. The summed E-state index contributed by atoms with van der Waals surface area (Å²) in [6, 6.07) is 9.92. The number of alkyl halides is 3. The lowest BCUT2D eigenvalue weighted by Crippen LogP contribution is -2.36. The van der Waals surface area contributed by atoms with Gasteiger partial charge in [-0.3, -0.25) is 4.79 Å². The summed E-state index contributed by atoms with van der Waals surface area (Å²) in [5, 5.41) is 2.88. The Hall–Kier alpha value is -2.29. The van der Waals surface area contributed by atoms with Gasteiger partial charge in [0, 0.05) is 12.6 Å². The SMILES string of the molecule is CC.CC(C)(C)OC=O.CN1CCC(NC(=O)OCc2ccccc2)C1.FC(F)F. The Morgan fingerprint density at radius 3 is 2.13 bits per heavy atom. The Balaban J connectivity index is 0. The number of halogens is 3. The zero-order valence-electron chi connectivity index (χ0n) is 18.7. The number of nitrogens with zero attached hydrogens (tertiary/aromatic N) is 1. The number of likely N-dealkylation sites (N-methyl/N-ethyl adjacent to an activating group) is 1. The molecule has 1 N–H and O–H groups in total. The van der Waals surface area contributed by atoms with Crippen molar-refractivity contribution in [2.24, 2.45) is 0 Å².